The van der Waals surface area contributed by atoms with Crippen LogP contribution in [-0.2, 0) is 11.2 Å². The van der Waals surface area contributed by atoms with Crippen molar-refractivity contribution in [3.05, 3.63) is 23.3 Å². The molecule has 0 radical (unpaired) electrons. The van der Waals surface area contributed by atoms with Crippen LogP contribution in [0.5, 0.6) is 11.5 Å². The summed E-state index contributed by atoms with van der Waals surface area (Å²) < 4.78 is 10.7. The first kappa shape index (κ1) is 15.3. The number of aryl methyl sites for hydroxylation is 1. The maximum Gasteiger partial charge on any atom is 0.236 e. The summed E-state index contributed by atoms with van der Waals surface area (Å²) in [5.74, 6) is 1.56. The predicted molar refractivity (Wildman–Crippen MR) is 74.7 cm³/mol. The molecule has 5 heteroatoms. The largest absolute Gasteiger partial charge is 0.496 e. The molecule has 106 valence electrons. The third kappa shape index (κ3) is 3.86. The number of hydrogen-bond acceptors (Lipinski definition) is 4. The lowest BCUT2D eigenvalue weighted by Crippen LogP contribution is -2.34. The number of carbonyl (C=O) groups is 1. The van der Waals surface area contributed by atoms with Crippen LogP contribution >= 0.6 is 0 Å². The SMILES string of the molecule is COc1cc(CCN(C)C(=O)CN)c(OC)cc1C. The highest BCUT2D eigenvalue weighted by Gasteiger charge is 2.11. The number of amides is 1. The maximum atomic E-state index is 11.4. The van der Waals surface area contributed by atoms with Gasteiger partial charge < -0.3 is 20.1 Å². The highest BCUT2D eigenvalue weighted by atomic mass is 16.5. The molecule has 19 heavy (non-hydrogen) atoms. The zero-order valence-electron chi connectivity index (χ0n) is 12.0. The third-order valence-corrected chi connectivity index (χ3v) is 3.11. The van der Waals surface area contributed by atoms with Crippen LogP contribution in [0, 0.1) is 6.92 Å². The van der Waals surface area contributed by atoms with Crippen LogP contribution in [0.1, 0.15) is 11.1 Å². The second-order valence-corrected chi connectivity index (χ2v) is 4.40. The van der Waals surface area contributed by atoms with Gasteiger partial charge in [0, 0.05) is 13.6 Å². The highest BCUT2D eigenvalue weighted by Crippen LogP contribution is 2.28. The van der Waals surface area contributed by atoms with Gasteiger partial charge in [-0.1, -0.05) is 0 Å². The number of nitrogens with zero attached hydrogens (tertiary/aromatic N) is 1. The van der Waals surface area contributed by atoms with E-state index in [2.05, 4.69) is 0 Å². The summed E-state index contributed by atoms with van der Waals surface area (Å²) in [6.07, 6.45) is 0.696. The van der Waals surface area contributed by atoms with Crippen LogP contribution in [0.25, 0.3) is 0 Å². The fraction of sp³-hybridized carbons (Fsp3) is 0.500. The van der Waals surface area contributed by atoms with Gasteiger partial charge in [0.15, 0.2) is 0 Å². The first-order chi connectivity index (χ1) is 9.03. The molecule has 0 unspecified atom stereocenters. The van der Waals surface area contributed by atoms with E-state index in [1.807, 2.05) is 19.1 Å². The van der Waals surface area contributed by atoms with E-state index in [4.69, 9.17) is 15.2 Å². The number of nitrogens with two attached hydrogens (primary N) is 1. The molecule has 1 rings (SSSR count). The first-order valence-corrected chi connectivity index (χ1v) is 6.19. The van der Waals surface area contributed by atoms with Crippen LogP contribution in [-0.4, -0.2) is 45.2 Å². The molecule has 0 aliphatic carbocycles. The Balaban J connectivity index is 2.84. The molecule has 1 aromatic carbocycles. The molecule has 0 saturated heterocycles. The quantitative estimate of drug-likeness (QED) is 0.833. The molecule has 1 amide bonds. The van der Waals surface area contributed by atoms with Crippen molar-refractivity contribution in [1.82, 2.24) is 4.90 Å². The van der Waals surface area contributed by atoms with Crippen LogP contribution in [0.3, 0.4) is 0 Å². The number of likely N-dealkylation sites (N-methyl/N-ethyl adjacent to an activating group) is 1. The summed E-state index contributed by atoms with van der Waals surface area (Å²) in [4.78, 5) is 13.0. The maximum absolute atomic E-state index is 11.4. The van der Waals surface area contributed by atoms with Gasteiger partial charge in [-0.05, 0) is 36.6 Å². The van der Waals surface area contributed by atoms with Crippen LogP contribution in [0.15, 0.2) is 12.1 Å². The van der Waals surface area contributed by atoms with E-state index in [1.54, 1.807) is 26.2 Å². The van der Waals surface area contributed by atoms with Gasteiger partial charge in [-0.25, -0.2) is 0 Å². The van der Waals surface area contributed by atoms with E-state index in [1.165, 1.54) is 0 Å². The molecule has 0 aliphatic rings. The van der Waals surface area contributed by atoms with Crippen molar-refractivity contribution in [2.45, 2.75) is 13.3 Å². The standard InChI is InChI=1S/C14H22N2O3/c1-10-7-13(19-4)11(8-12(10)18-3)5-6-16(2)14(17)9-15/h7-8H,5-6,9,15H2,1-4H3. The lowest BCUT2D eigenvalue weighted by Gasteiger charge is -2.18. The Bertz CT molecular complexity index is 447. The molecule has 0 heterocycles. The van der Waals surface area contributed by atoms with E-state index in [0.717, 1.165) is 22.6 Å². The molecule has 0 fully saturated rings. The van der Waals surface area contributed by atoms with Crippen LogP contribution in [0.2, 0.25) is 0 Å². The summed E-state index contributed by atoms with van der Waals surface area (Å²) in [6.45, 7) is 2.60. The molecule has 0 atom stereocenters. The molecular formula is C14H22N2O3. The number of methoxy groups -OCH3 is 2. The van der Waals surface area contributed by atoms with Gasteiger partial charge in [0.1, 0.15) is 11.5 Å². The van der Waals surface area contributed by atoms with E-state index < -0.39 is 0 Å². The van der Waals surface area contributed by atoms with Crippen molar-refractivity contribution in [1.29, 1.82) is 0 Å². The summed E-state index contributed by atoms with van der Waals surface area (Å²) >= 11 is 0. The molecular weight excluding hydrogens is 244 g/mol. The number of ether oxygens (including phenoxy) is 2. The van der Waals surface area contributed by atoms with E-state index in [9.17, 15) is 4.79 Å². The number of rotatable bonds is 6. The summed E-state index contributed by atoms with van der Waals surface area (Å²) in [7, 11) is 5.02. The lowest BCUT2D eigenvalue weighted by atomic mass is 10.1. The van der Waals surface area contributed by atoms with Crippen molar-refractivity contribution in [2.75, 3.05) is 34.4 Å². The van der Waals surface area contributed by atoms with Gasteiger partial charge in [0.05, 0.1) is 20.8 Å². The van der Waals surface area contributed by atoms with Gasteiger partial charge in [-0.3, -0.25) is 4.79 Å². The Kier molecular flexibility index (Phi) is 5.63. The average Bonchev–Trinajstić information content (AvgIpc) is 2.44. The van der Waals surface area contributed by atoms with Crippen molar-refractivity contribution in [3.8, 4) is 11.5 Å². The Morgan fingerprint density at radius 2 is 1.89 bits per heavy atom. The van der Waals surface area contributed by atoms with Crippen LogP contribution < -0.4 is 15.2 Å². The molecule has 0 spiro atoms. The Morgan fingerprint density at radius 3 is 2.42 bits per heavy atom. The minimum atomic E-state index is -0.0713. The second kappa shape index (κ2) is 6.99. The molecule has 0 aliphatic heterocycles. The average molecular weight is 266 g/mol. The van der Waals surface area contributed by atoms with Gasteiger partial charge >= 0.3 is 0 Å². The van der Waals surface area contributed by atoms with E-state index in [-0.39, 0.29) is 12.5 Å². The fourth-order valence-corrected chi connectivity index (χ4v) is 1.88. The minimum Gasteiger partial charge on any atom is -0.496 e. The monoisotopic (exact) mass is 266 g/mol. The first-order valence-electron chi connectivity index (χ1n) is 6.19. The second-order valence-electron chi connectivity index (χ2n) is 4.40. The Hall–Kier alpha value is -1.75. The van der Waals surface area contributed by atoms with Gasteiger partial charge in [0.25, 0.3) is 0 Å². The van der Waals surface area contributed by atoms with Crippen LogP contribution in [0.4, 0.5) is 0 Å². The fourth-order valence-electron chi connectivity index (χ4n) is 1.88. The molecule has 2 N–H and O–H groups in total. The summed E-state index contributed by atoms with van der Waals surface area (Å²) in [6, 6.07) is 3.90. The van der Waals surface area contributed by atoms with E-state index >= 15 is 0 Å². The van der Waals surface area contributed by atoms with Gasteiger partial charge in [-0.2, -0.15) is 0 Å². The van der Waals surface area contributed by atoms with Crippen molar-refractivity contribution < 1.29 is 14.3 Å². The zero-order valence-corrected chi connectivity index (χ0v) is 12.0. The van der Waals surface area contributed by atoms with Crippen molar-refractivity contribution in [2.24, 2.45) is 5.73 Å². The molecule has 0 bridgehead atoms. The highest BCUT2D eigenvalue weighted by molar-refractivity contribution is 5.77. The Morgan fingerprint density at radius 1 is 1.26 bits per heavy atom. The molecule has 0 saturated carbocycles. The topological polar surface area (TPSA) is 64.8 Å². The molecule has 5 nitrogen and oxygen atoms in total. The number of benzene rings is 1. The van der Waals surface area contributed by atoms with Crippen molar-refractivity contribution >= 4 is 5.91 Å². The Labute approximate surface area is 114 Å². The molecule has 1 aromatic rings. The lowest BCUT2D eigenvalue weighted by molar-refractivity contribution is -0.128. The third-order valence-electron chi connectivity index (χ3n) is 3.11. The van der Waals surface area contributed by atoms with E-state index in [0.29, 0.717) is 13.0 Å². The van der Waals surface area contributed by atoms with Gasteiger partial charge in [0.2, 0.25) is 5.91 Å². The number of hydrogen-bond donors (Lipinski definition) is 1. The normalized spacial score (nSPS) is 10.2. The minimum absolute atomic E-state index is 0.0326. The van der Waals surface area contributed by atoms with Crippen molar-refractivity contribution in [3.63, 3.8) is 0 Å². The summed E-state index contributed by atoms with van der Waals surface area (Å²) in [5, 5.41) is 0. The number of carbonyl (C=O) groups excluding carboxylic acids is 1. The zero-order chi connectivity index (χ0) is 14.4. The predicted octanol–water partition coefficient (Wildman–Crippen LogP) is 0.972. The summed E-state index contributed by atoms with van der Waals surface area (Å²) in [5.41, 5.74) is 7.37. The molecule has 0 aromatic heterocycles. The van der Waals surface area contributed by atoms with Gasteiger partial charge in [-0.15, -0.1) is 0 Å². The smallest absolute Gasteiger partial charge is 0.236 e.